The molecule has 3 aromatic rings. The van der Waals surface area contributed by atoms with E-state index in [2.05, 4.69) is 29.2 Å². The second-order valence-electron chi connectivity index (χ2n) is 7.19. The van der Waals surface area contributed by atoms with E-state index in [9.17, 15) is 4.79 Å². The highest BCUT2D eigenvalue weighted by Gasteiger charge is 2.35. The molecular formula is C20H23N5O2. The lowest BCUT2D eigenvalue weighted by Gasteiger charge is -2.22. The van der Waals surface area contributed by atoms with Crippen LogP contribution in [0.15, 0.2) is 40.9 Å². The number of nitrogens with two attached hydrogens (primary N) is 1. The van der Waals surface area contributed by atoms with Crippen molar-refractivity contribution in [1.29, 1.82) is 0 Å². The summed E-state index contributed by atoms with van der Waals surface area (Å²) in [6, 6.07) is 11.5. The molecular weight excluding hydrogens is 342 g/mol. The number of anilines is 1. The van der Waals surface area contributed by atoms with Gasteiger partial charge in [-0.15, -0.1) is 0 Å². The molecule has 140 valence electrons. The lowest BCUT2D eigenvalue weighted by Crippen LogP contribution is -2.31. The van der Waals surface area contributed by atoms with Crippen LogP contribution >= 0.6 is 0 Å². The molecule has 0 aliphatic carbocycles. The van der Waals surface area contributed by atoms with E-state index in [1.54, 1.807) is 0 Å². The van der Waals surface area contributed by atoms with Gasteiger partial charge >= 0.3 is 0 Å². The van der Waals surface area contributed by atoms with Gasteiger partial charge in [-0.05, 0) is 18.4 Å². The molecule has 1 saturated heterocycles. The van der Waals surface area contributed by atoms with Crippen molar-refractivity contribution >= 4 is 11.7 Å². The lowest BCUT2D eigenvalue weighted by molar-refractivity contribution is 0.0725. The van der Waals surface area contributed by atoms with Crippen LogP contribution in [0.5, 0.6) is 0 Å². The summed E-state index contributed by atoms with van der Waals surface area (Å²) in [7, 11) is 0. The number of rotatable bonds is 4. The molecule has 1 amide bonds. The molecule has 4 rings (SSSR count). The fourth-order valence-corrected chi connectivity index (χ4v) is 3.60. The van der Waals surface area contributed by atoms with Crippen molar-refractivity contribution < 1.29 is 9.32 Å². The molecule has 7 heteroatoms. The van der Waals surface area contributed by atoms with Gasteiger partial charge in [-0.1, -0.05) is 49.3 Å². The maximum Gasteiger partial charge on any atom is 0.273 e. The van der Waals surface area contributed by atoms with Crippen LogP contribution in [0.4, 0.5) is 5.82 Å². The van der Waals surface area contributed by atoms with Crippen LogP contribution in [0.2, 0.25) is 0 Å². The van der Waals surface area contributed by atoms with E-state index in [0.29, 0.717) is 23.6 Å². The third kappa shape index (κ3) is 3.09. The van der Waals surface area contributed by atoms with E-state index in [0.717, 1.165) is 29.9 Å². The summed E-state index contributed by atoms with van der Waals surface area (Å²) in [5.74, 6) is 1.30. The molecule has 1 aliphatic heterocycles. The molecule has 1 atom stereocenters. The number of carbonyl (C=O) groups is 1. The van der Waals surface area contributed by atoms with Gasteiger partial charge in [0.05, 0.1) is 11.6 Å². The van der Waals surface area contributed by atoms with Crippen molar-refractivity contribution in [1.82, 2.24) is 20.3 Å². The van der Waals surface area contributed by atoms with E-state index in [1.807, 2.05) is 41.3 Å². The Morgan fingerprint density at radius 3 is 2.81 bits per heavy atom. The number of aromatic amines is 1. The van der Waals surface area contributed by atoms with Crippen LogP contribution in [-0.2, 0) is 0 Å². The number of hydrogen-bond donors (Lipinski definition) is 2. The maximum absolute atomic E-state index is 13.3. The van der Waals surface area contributed by atoms with E-state index in [-0.39, 0.29) is 17.9 Å². The number of carbonyl (C=O) groups excluding carboxylic acids is 1. The summed E-state index contributed by atoms with van der Waals surface area (Å²) in [4.78, 5) is 15.2. The lowest BCUT2D eigenvalue weighted by atomic mass is 10.0. The number of nitrogens with zero attached hydrogens (tertiary/aromatic N) is 3. The Morgan fingerprint density at radius 2 is 2.11 bits per heavy atom. The van der Waals surface area contributed by atoms with Crippen molar-refractivity contribution in [2.75, 3.05) is 12.3 Å². The zero-order chi connectivity index (χ0) is 19.0. The standard InChI is InChI=1S/C20H23N5O2/c1-12(2)16-11-14(24-27-16)15-9-6-10-25(15)20(26)18-17(19(21)23-22-18)13-7-4-3-5-8-13/h3-5,7-8,11-12,15H,6,9-10H2,1-2H3,(H3,21,22,23). The summed E-state index contributed by atoms with van der Waals surface area (Å²) in [5.41, 5.74) is 8.79. The van der Waals surface area contributed by atoms with Gasteiger partial charge in [-0.25, -0.2) is 0 Å². The molecule has 3 N–H and O–H groups in total. The number of likely N-dealkylation sites (tertiary alicyclic amines) is 1. The monoisotopic (exact) mass is 365 g/mol. The third-order valence-electron chi connectivity index (χ3n) is 5.04. The fraction of sp³-hybridized carbons (Fsp3) is 0.350. The van der Waals surface area contributed by atoms with Gasteiger partial charge in [0.25, 0.3) is 5.91 Å². The molecule has 2 aromatic heterocycles. The summed E-state index contributed by atoms with van der Waals surface area (Å²) in [6.45, 7) is 4.78. The van der Waals surface area contributed by atoms with Crippen LogP contribution in [-0.4, -0.2) is 32.7 Å². The molecule has 1 unspecified atom stereocenters. The average molecular weight is 365 g/mol. The highest BCUT2D eigenvalue weighted by molar-refractivity contribution is 6.01. The van der Waals surface area contributed by atoms with Crippen molar-refractivity contribution in [3.63, 3.8) is 0 Å². The van der Waals surface area contributed by atoms with Crippen molar-refractivity contribution in [2.45, 2.75) is 38.6 Å². The van der Waals surface area contributed by atoms with Crippen LogP contribution < -0.4 is 5.73 Å². The highest BCUT2D eigenvalue weighted by atomic mass is 16.5. The quantitative estimate of drug-likeness (QED) is 0.733. The zero-order valence-corrected chi connectivity index (χ0v) is 15.5. The number of benzene rings is 1. The molecule has 0 saturated carbocycles. The maximum atomic E-state index is 13.3. The molecule has 3 heterocycles. The normalized spacial score (nSPS) is 17.0. The number of nitrogens with one attached hydrogen (secondary N) is 1. The minimum Gasteiger partial charge on any atom is -0.382 e. The first-order valence-corrected chi connectivity index (χ1v) is 9.23. The van der Waals surface area contributed by atoms with Gasteiger partial charge in [0.15, 0.2) is 5.82 Å². The zero-order valence-electron chi connectivity index (χ0n) is 15.5. The first-order chi connectivity index (χ1) is 13.1. The fourth-order valence-electron chi connectivity index (χ4n) is 3.60. The molecule has 0 spiro atoms. The average Bonchev–Trinajstić information content (AvgIpc) is 3.40. The number of nitrogen functional groups attached to an aromatic ring is 1. The summed E-state index contributed by atoms with van der Waals surface area (Å²) >= 11 is 0. The van der Waals surface area contributed by atoms with Crippen LogP contribution in [0, 0.1) is 0 Å². The van der Waals surface area contributed by atoms with E-state index < -0.39 is 0 Å². The SMILES string of the molecule is CC(C)c1cc(C2CCCN2C(=O)c2[nH]nc(N)c2-c2ccccc2)no1. The van der Waals surface area contributed by atoms with E-state index in [4.69, 9.17) is 10.3 Å². The summed E-state index contributed by atoms with van der Waals surface area (Å²) < 4.78 is 5.44. The predicted molar refractivity (Wildman–Crippen MR) is 102 cm³/mol. The third-order valence-corrected chi connectivity index (χ3v) is 5.04. The largest absolute Gasteiger partial charge is 0.382 e. The van der Waals surface area contributed by atoms with Crippen molar-refractivity contribution in [3.05, 3.63) is 53.5 Å². The van der Waals surface area contributed by atoms with Gasteiger partial charge in [0.1, 0.15) is 17.1 Å². The first kappa shape index (κ1) is 17.3. The minimum absolute atomic E-state index is 0.0955. The second-order valence-corrected chi connectivity index (χ2v) is 7.19. The predicted octanol–water partition coefficient (Wildman–Crippen LogP) is 3.75. The van der Waals surface area contributed by atoms with Gasteiger partial charge in [0.2, 0.25) is 0 Å². The molecule has 7 nitrogen and oxygen atoms in total. The van der Waals surface area contributed by atoms with Gasteiger partial charge in [-0.3, -0.25) is 9.89 Å². The highest BCUT2D eigenvalue weighted by Crippen LogP contribution is 2.36. The Kier molecular flexibility index (Phi) is 4.43. The first-order valence-electron chi connectivity index (χ1n) is 9.23. The Balaban J connectivity index is 1.66. The van der Waals surface area contributed by atoms with Crippen LogP contribution in [0.25, 0.3) is 11.1 Å². The summed E-state index contributed by atoms with van der Waals surface area (Å²) in [6.07, 6.45) is 1.78. The van der Waals surface area contributed by atoms with Gasteiger partial charge < -0.3 is 15.2 Å². The van der Waals surface area contributed by atoms with Gasteiger partial charge in [0, 0.05) is 18.5 Å². The second kappa shape index (κ2) is 6.90. The molecule has 1 fully saturated rings. The van der Waals surface area contributed by atoms with Crippen LogP contribution in [0.3, 0.4) is 0 Å². The summed E-state index contributed by atoms with van der Waals surface area (Å²) in [5, 5.41) is 11.1. The number of amides is 1. The van der Waals surface area contributed by atoms with Crippen molar-refractivity contribution in [3.8, 4) is 11.1 Å². The Labute approximate surface area is 157 Å². The van der Waals surface area contributed by atoms with E-state index in [1.165, 1.54) is 0 Å². The minimum atomic E-state index is -0.116. The number of hydrogen-bond acceptors (Lipinski definition) is 5. The molecule has 1 aromatic carbocycles. The smallest absolute Gasteiger partial charge is 0.273 e. The molecule has 27 heavy (non-hydrogen) atoms. The van der Waals surface area contributed by atoms with Gasteiger partial charge in [-0.2, -0.15) is 5.10 Å². The van der Waals surface area contributed by atoms with Crippen LogP contribution in [0.1, 0.15) is 60.6 Å². The molecule has 0 bridgehead atoms. The molecule has 0 radical (unpaired) electrons. The molecule has 1 aliphatic rings. The van der Waals surface area contributed by atoms with Crippen molar-refractivity contribution in [2.24, 2.45) is 0 Å². The van der Waals surface area contributed by atoms with E-state index >= 15 is 0 Å². The number of H-pyrrole nitrogens is 1. The topological polar surface area (TPSA) is 101 Å². The Bertz CT molecular complexity index is 944. The Hall–Kier alpha value is -3.09. The Morgan fingerprint density at radius 1 is 1.33 bits per heavy atom. The number of aromatic nitrogens is 3.